The average molecular weight is 214 g/mol. The first-order chi connectivity index (χ1) is 7.16. The minimum atomic E-state index is -1.14. The predicted octanol–water partition coefficient (Wildman–Crippen LogP) is 2.14. The van der Waals surface area contributed by atoms with Gasteiger partial charge in [0.1, 0.15) is 0 Å². The molecule has 0 bridgehead atoms. The maximum absolute atomic E-state index is 10.9. The van der Waals surface area contributed by atoms with Gasteiger partial charge in [-0.05, 0) is 6.42 Å². The van der Waals surface area contributed by atoms with Crippen molar-refractivity contribution in [2.24, 2.45) is 0 Å². The van der Waals surface area contributed by atoms with Crippen LogP contribution in [0, 0.1) is 0 Å². The second kappa shape index (κ2) is 9.24. The maximum atomic E-state index is 10.9. The monoisotopic (exact) mass is 214 g/mol. The topological polar surface area (TPSA) is 63.6 Å². The number of ether oxygens (including phenoxy) is 1. The lowest BCUT2D eigenvalue weighted by atomic mass is 10.2. The number of aliphatic carboxylic acids is 1. The van der Waals surface area contributed by atoms with E-state index in [1.807, 2.05) is 0 Å². The van der Waals surface area contributed by atoms with Crippen LogP contribution in [-0.4, -0.2) is 23.7 Å². The largest absolute Gasteiger partial charge is 0.478 e. The first-order valence-electron chi connectivity index (χ1n) is 5.24. The van der Waals surface area contributed by atoms with Crippen molar-refractivity contribution in [2.75, 3.05) is 6.61 Å². The first-order valence-corrected chi connectivity index (χ1v) is 5.24. The molecule has 0 spiro atoms. The molecule has 0 aliphatic heterocycles. The van der Waals surface area contributed by atoms with E-state index >= 15 is 0 Å². The van der Waals surface area contributed by atoms with Crippen molar-refractivity contribution >= 4 is 11.9 Å². The standard InChI is InChI=1S/C11H18O4/c1-2-3-4-5-6-9-15-11(14)8-7-10(12)13/h7-8H,2-6,9H2,1H3,(H,12,13)/b8-7-. The van der Waals surface area contributed by atoms with Crippen LogP contribution in [0.4, 0.5) is 0 Å². The summed E-state index contributed by atoms with van der Waals surface area (Å²) in [7, 11) is 0. The van der Waals surface area contributed by atoms with Crippen LogP contribution in [0.25, 0.3) is 0 Å². The zero-order valence-electron chi connectivity index (χ0n) is 9.07. The predicted molar refractivity (Wildman–Crippen MR) is 56.5 cm³/mol. The molecule has 0 saturated heterocycles. The lowest BCUT2D eigenvalue weighted by Crippen LogP contribution is -2.03. The fourth-order valence-electron chi connectivity index (χ4n) is 1.07. The van der Waals surface area contributed by atoms with Crippen molar-refractivity contribution in [1.82, 2.24) is 0 Å². The van der Waals surface area contributed by atoms with Gasteiger partial charge in [-0.15, -0.1) is 0 Å². The van der Waals surface area contributed by atoms with Gasteiger partial charge in [0.2, 0.25) is 0 Å². The zero-order valence-corrected chi connectivity index (χ0v) is 9.07. The van der Waals surface area contributed by atoms with E-state index in [1.165, 1.54) is 12.8 Å². The first kappa shape index (κ1) is 13.7. The summed E-state index contributed by atoms with van der Waals surface area (Å²) in [5.41, 5.74) is 0. The quantitative estimate of drug-likeness (QED) is 0.382. The molecule has 4 nitrogen and oxygen atoms in total. The van der Waals surface area contributed by atoms with Gasteiger partial charge in [-0.2, -0.15) is 0 Å². The summed E-state index contributed by atoms with van der Waals surface area (Å²) in [5.74, 6) is -1.73. The van der Waals surface area contributed by atoms with Crippen LogP contribution in [0.15, 0.2) is 12.2 Å². The second-order valence-electron chi connectivity index (χ2n) is 3.25. The minimum Gasteiger partial charge on any atom is -0.478 e. The average Bonchev–Trinajstić information content (AvgIpc) is 2.20. The Hall–Kier alpha value is -1.32. The maximum Gasteiger partial charge on any atom is 0.331 e. The summed E-state index contributed by atoms with van der Waals surface area (Å²) in [6.07, 6.45) is 7.12. The lowest BCUT2D eigenvalue weighted by molar-refractivity contribution is -0.138. The highest BCUT2D eigenvalue weighted by Crippen LogP contribution is 2.02. The Bertz CT molecular complexity index is 221. The fourth-order valence-corrected chi connectivity index (χ4v) is 1.07. The number of carbonyl (C=O) groups excluding carboxylic acids is 1. The van der Waals surface area contributed by atoms with Crippen molar-refractivity contribution in [2.45, 2.75) is 39.0 Å². The van der Waals surface area contributed by atoms with Crippen molar-refractivity contribution < 1.29 is 19.4 Å². The summed E-state index contributed by atoms with van der Waals surface area (Å²) in [5, 5.41) is 8.24. The van der Waals surface area contributed by atoms with E-state index in [1.54, 1.807) is 0 Å². The zero-order chi connectivity index (χ0) is 11.5. The molecule has 0 fully saturated rings. The Balaban J connectivity index is 3.35. The van der Waals surface area contributed by atoms with E-state index in [4.69, 9.17) is 9.84 Å². The third-order valence-corrected chi connectivity index (χ3v) is 1.85. The highest BCUT2D eigenvalue weighted by atomic mass is 16.5. The molecule has 0 aromatic heterocycles. The van der Waals surface area contributed by atoms with Gasteiger partial charge in [0.15, 0.2) is 0 Å². The summed E-state index contributed by atoms with van der Waals surface area (Å²) >= 11 is 0. The minimum absolute atomic E-state index is 0.368. The van der Waals surface area contributed by atoms with Crippen molar-refractivity contribution in [3.05, 3.63) is 12.2 Å². The summed E-state index contributed by atoms with van der Waals surface area (Å²) in [4.78, 5) is 20.9. The molecule has 15 heavy (non-hydrogen) atoms. The van der Waals surface area contributed by atoms with E-state index in [0.29, 0.717) is 6.61 Å². The number of esters is 1. The van der Waals surface area contributed by atoms with Crippen LogP contribution in [0.2, 0.25) is 0 Å². The molecule has 0 heterocycles. The normalized spacial score (nSPS) is 10.5. The molecule has 0 aromatic rings. The molecule has 0 aromatic carbocycles. The molecule has 0 rings (SSSR count). The molecular formula is C11H18O4. The number of rotatable bonds is 8. The highest BCUT2D eigenvalue weighted by molar-refractivity contribution is 5.90. The number of carbonyl (C=O) groups is 2. The van der Waals surface area contributed by atoms with Gasteiger partial charge in [0, 0.05) is 12.2 Å². The molecule has 4 heteroatoms. The van der Waals surface area contributed by atoms with Crippen LogP contribution in [0.3, 0.4) is 0 Å². The van der Waals surface area contributed by atoms with E-state index in [0.717, 1.165) is 31.4 Å². The Morgan fingerprint density at radius 1 is 1.13 bits per heavy atom. The molecule has 0 amide bonds. The van der Waals surface area contributed by atoms with E-state index < -0.39 is 11.9 Å². The molecular weight excluding hydrogens is 196 g/mol. The molecule has 0 aliphatic rings. The fraction of sp³-hybridized carbons (Fsp3) is 0.636. The molecule has 0 unspecified atom stereocenters. The van der Waals surface area contributed by atoms with E-state index in [-0.39, 0.29) is 0 Å². The second-order valence-corrected chi connectivity index (χ2v) is 3.25. The number of hydrogen-bond donors (Lipinski definition) is 1. The Morgan fingerprint density at radius 2 is 1.80 bits per heavy atom. The van der Waals surface area contributed by atoms with Crippen molar-refractivity contribution in [3.63, 3.8) is 0 Å². The number of hydrogen-bond acceptors (Lipinski definition) is 3. The van der Waals surface area contributed by atoms with Crippen LogP contribution < -0.4 is 0 Å². The summed E-state index contributed by atoms with van der Waals surface area (Å²) in [6.45, 7) is 2.50. The van der Waals surface area contributed by atoms with Gasteiger partial charge in [-0.25, -0.2) is 9.59 Å². The van der Waals surface area contributed by atoms with Gasteiger partial charge >= 0.3 is 11.9 Å². The summed E-state index contributed by atoms with van der Waals surface area (Å²) < 4.78 is 4.78. The SMILES string of the molecule is CCCCCCCOC(=O)/C=C\C(=O)O. The summed E-state index contributed by atoms with van der Waals surface area (Å²) in [6, 6.07) is 0. The Labute approximate surface area is 89.9 Å². The lowest BCUT2D eigenvalue weighted by Gasteiger charge is -2.01. The number of carboxylic acids is 1. The van der Waals surface area contributed by atoms with Crippen LogP contribution in [0.1, 0.15) is 39.0 Å². The van der Waals surface area contributed by atoms with Crippen LogP contribution in [-0.2, 0) is 14.3 Å². The molecule has 0 radical (unpaired) electrons. The third-order valence-electron chi connectivity index (χ3n) is 1.85. The third kappa shape index (κ3) is 10.6. The van der Waals surface area contributed by atoms with Crippen molar-refractivity contribution in [1.29, 1.82) is 0 Å². The van der Waals surface area contributed by atoms with Gasteiger partial charge < -0.3 is 9.84 Å². The Morgan fingerprint density at radius 3 is 2.40 bits per heavy atom. The smallest absolute Gasteiger partial charge is 0.331 e. The highest BCUT2D eigenvalue weighted by Gasteiger charge is 1.97. The number of carboxylic acid groups (broad SMARTS) is 1. The molecule has 0 aliphatic carbocycles. The molecule has 86 valence electrons. The Kier molecular flexibility index (Phi) is 8.43. The van der Waals surface area contributed by atoms with Crippen molar-refractivity contribution in [3.8, 4) is 0 Å². The number of unbranched alkanes of at least 4 members (excludes halogenated alkanes) is 4. The van der Waals surface area contributed by atoms with Gasteiger partial charge in [0.25, 0.3) is 0 Å². The molecule has 0 saturated carbocycles. The van der Waals surface area contributed by atoms with Gasteiger partial charge in [0.05, 0.1) is 6.61 Å². The molecule has 0 atom stereocenters. The van der Waals surface area contributed by atoms with Gasteiger partial charge in [-0.3, -0.25) is 0 Å². The van der Waals surface area contributed by atoms with Crippen LogP contribution in [0.5, 0.6) is 0 Å². The van der Waals surface area contributed by atoms with E-state index in [2.05, 4.69) is 6.92 Å². The van der Waals surface area contributed by atoms with E-state index in [9.17, 15) is 9.59 Å². The molecule has 1 N–H and O–H groups in total. The van der Waals surface area contributed by atoms with Gasteiger partial charge in [-0.1, -0.05) is 32.6 Å². The van der Waals surface area contributed by atoms with Crippen LogP contribution >= 0.6 is 0 Å².